The van der Waals surface area contributed by atoms with Crippen LogP contribution in [0, 0.1) is 5.92 Å². The van der Waals surface area contributed by atoms with E-state index in [1.165, 1.54) is 6.04 Å². The molecule has 5 heteroatoms. The zero-order valence-corrected chi connectivity index (χ0v) is 11.3. The van der Waals surface area contributed by atoms with Gasteiger partial charge < -0.3 is 10.0 Å². The highest BCUT2D eigenvalue weighted by molar-refractivity contribution is 6.76. The Hall–Kier alpha value is -0.843. The maximum absolute atomic E-state index is 11.5. The van der Waals surface area contributed by atoms with Crippen LogP contribution in [0.1, 0.15) is 12.8 Å². The van der Waals surface area contributed by atoms with Gasteiger partial charge in [-0.3, -0.25) is 9.59 Å². The molecule has 0 saturated carbocycles. The number of hydrogen-bond donors (Lipinski definition) is 1. The molecule has 1 rings (SSSR count). The van der Waals surface area contributed by atoms with Gasteiger partial charge >= 0.3 is 5.97 Å². The second-order valence-electron chi connectivity index (χ2n) is 5.74. The van der Waals surface area contributed by atoms with Crippen molar-refractivity contribution in [1.82, 2.24) is 4.90 Å². The lowest BCUT2D eigenvalue weighted by Crippen LogP contribution is -2.29. The van der Waals surface area contributed by atoms with Crippen molar-refractivity contribution < 1.29 is 14.7 Å². The molecule has 1 N–H and O–H groups in total. The van der Waals surface area contributed by atoms with Crippen LogP contribution in [-0.4, -0.2) is 43.0 Å². The summed E-state index contributed by atoms with van der Waals surface area (Å²) in [6.45, 7) is 8.04. The number of likely N-dealkylation sites (tertiary alicyclic amines) is 1. The third-order valence-electron chi connectivity index (χ3n) is 2.92. The highest BCUT2D eigenvalue weighted by Gasteiger charge is 2.33. The molecule has 92 valence electrons. The van der Waals surface area contributed by atoms with Crippen molar-refractivity contribution in [3.8, 4) is 0 Å². The Labute approximate surface area is 97.6 Å². The topological polar surface area (TPSA) is 57.6 Å². The van der Waals surface area contributed by atoms with Gasteiger partial charge in [0.2, 0.25) is 5.91 Å². The van der Waals surface area contributed by atoms with Gasteiger partial charge in [-0.05, 0) is 6.42 Å². The molecule has 1 unspecified atom stereocenters. The molecule has 0 aromatic heterocycles. The van der Waals surface area contributed by atoms with Crippen LogP contribution < -0.4 is 0 Å². The molecular formula is C11H21NO3Si. The molecule has 1 aliphatic heterocycles. The van der Waals surface area contributed by atoms with Crippen molar-refractivity contribution in [2.75, 3.05) is 13.1 Å². The van der Waals surface area contributed by atoms with Crippen molar-refractivity contribution in [1.29, 1.82) is 0 Å². The fourth-order valence-corrected chi connectivity index (χ4v) is 3.17. The van der Waals surface area contributed by atoms with E-state index in [-0.39, 0.29) is 12.3 Å². The van der Waals surface area contributed by atoms with Gasteiger partial charge in [0.15, 0.2) is 0 Å². The normalized spacial score (nSPS) is 21.6. The molecule has 0 bridgehead atoms. The van der Waals surface area contributed by atoms with Crippen LogP contribution in [0.15, 0.2) is 0 Å². The minimum atomic E-state index is -1.04. The monoisotopic (exact) mass is 243 g/mol. The maximum atomic E-state index is 11.5. The van der Waals surface area contributed by atoms with E-state index in [2.05, 4.69) is 19.6 Å². The second-order valence-corrected chi connectivity index (χ2v) is 11.4. The summed E-state index contributed by atoms with van der Waals surface area (Å²) < 4.78 is 0. The van der Waals surface area contributed by atoms with E-state index in [0.717, 1.165) is 13.0 Å². The number of carbonyl (C=O) groups is 2. The van der Waals surface area contributed by atoms with E-state index in [9.17, 15) is 9.59 Å². The molecule has 0 radical (unpaired) electrons. The molecule has 4 nitrogen and oxygen atoms in total. The SMILES string of the molecule is C[Si](C)(C)CCCN1CC(C(=O)O)CC1=O. The number of rotatable bonds is 5. The predicted octanol–water partition coefficient (Wildman–Crippen LogP) is 1.65. The van der Waals surface area contributed by atoms with Crippen molar-refractivity contribution in [2.45, 2.75) is 38.5 Å². The quantitative estimate of drug-likeness (QED) is 0.747. The summed E-state index contributed by atoms with van der Waals surface area (Å²) in [5.41, 5.74) is 0. The van der Waals surface area contributed by atoms with E-state index in [1.807, 2.05) is 0 Å². The van der Waals surface area contributed by atoms with Crippen molar-refractivity contribution in [3.05, 3.63) is 0 Å². The molecule has 1 saturated heterocycles. The summed E-state index contributed by atoms with van der Waals surface area (Å²) in [6, 6.07) is 1.19. The number of carboxylic acids is 1. The van der Waals surface area contributed by atoms with Gasteiger partial charge in [0.05, 0.1) is 5.92 Å². The van der Waals surface area contributed by atoms with Gasteiger partial charge in [-0.15, -0.1) is 0 Å². The van der Waals surface area contributed by atoms with Crippen LogP contribution in [0.25, 0.3) is 0 Å². The summed E-state index contributed by atoms with van der Waals surface area (Å²) >= 11 is 0. The standard InChI is InChI=1S/C11H21NO3Si/c1-16(2,3)6-4-5-12-8-9(11(14)15)7-10(12)13/h9H,4-8H2,1-3H3,(H,14,15). The Morgan fingerprint density at radius 1 is 1.50 bits per heavy atom. The van der Waals surface area contributed by atoms with Gasteiger partial charge in [-0.25, -0.2) is 0 Å². The van der Waals surface area contributed by atoms with Gasteiger partial charge in [-0.2, -0.15) is 0 Å². The molecule has 0 aromatic carbocycles. The number of nitrogens with zero attached hydrogens (tertiary/aromatic N) is 1. The fourth-order valence-electron chi connectivity index (χ4n) is 1.95. The second kappa shape index (κ2) is 4.99. The summed E-state index contributed by atoms with van der Waals surface area (Å²) in [4.78, 5) is 24.0. The Kier molecular flexibility index (Phi) is 4.13. The Balaban J connectivity index is 2.34. The van der Waals surface area contributed by atoms with Gasteiger partial charge in [0.1, 0.15) is 0 Å². The number of hydrogen-bond acceptors (Lipinski definition) is 2. The molecule has 1 atom stereocenters. The Morgan fingerprint density at radius 3 is 2.56 bits per heavy atom. The molecule has 1 aliphatic rings. The third-order valence-corrected chi connectivity index (χ3v) is 4.77. The fraction of sp³-hybridized carbons (Fsp3) is 0.818. The minimum Gasteiger partial charge on any atom is -0.481 e. The molecule has 1 amide bonds. The highest BCUT2D eigenvalue weighted by atomic mass is 28.3. The average Bonchev–Trinajstić information content (AvgIpc) is 2.46. The maximum Gasteiger partial charge on any atom is 0.308 e. The molecule has 0 aromatic rings. The molecule has 0 aliphatic carbocycles. The van der Waals surface area contributed by atoms with E-state index in [4.69, 9.17) is 5.11 Å². The summed E-state index contributed by atoms with van der Waals surface area (Å²) in [7, 11) is -1.04. The summed E-state index contributed by atoms with van der Waals surface area (Å²) in [6.07, 6.45) is 1.19. The van der Waals surface area contributed by atoms with Crippen LogP contribution in [0.3, 0.4) is 0 Å². The molecule has 0 spiro atoms. The smallest absolute Gasteiger partial charge is 0.308 e. The van der Waals surface area contributed by atoms with Gasteiger partial charge in [0, 0.05) is 27.6 Å². The van der Waals surface area contributed by atoms with Gasteiger partial charge in [-0.1, -0.05) is 25.7 Å². The van der Waals surface area contributed by atoms with E-state index >= 15 is 0 Å². The Bertz CT molecular complexity index is 285. The third kappa shape index (κ3) is 3.96. The van der Waals surface area contributed by atoms with Crippen molar-refractivity contribution >= 4 is 20.0 Å². The number of carbonyl (C=O) groups excluding carboxylic acids is 1. The van der Waals surface area contributed by atoms with Crippen molar-refractivity contribution in [2.24, 2.45) is 5.92 Å². The largest absolute Gasteiger partial charge is 0.481 e. The van der Waals surface area contributed by atoms with Crippen LogP contribution in [-0.2, 0) is 9.59 Å². The van der Waals surface area contributed by atoms with Gasteiger partial charge in [0.25, 0.3) is 0 Å². The number of amides is 1. The highest BCUT2D eigenvalue weighted by Crippen LogP contribution is 2.19. The summed E-state index contributed by atoms with van der Waals surface area (Å²) in [5.74, 6) is -1.33. The first kappa shape index (κ1) is 13.2. The molecule has 1 fully saturated rings. The number of carboxylic acid groups (broad SMARTS) is 1. The predicted molar refractivity (Wildman–Crippen MR) is 65.1 cm³/mol. The van der Waals surface area contributed by atoms with E-state index in [1.54, 1.807) is 4.90 Å². The molecule has 1 heterocycles. The minimum absolute atomic E-state index is 0.00276. The molecular weight excluding hydrogens is 222 g/mol. The zero-order chi connectivity index (χ0) is 12.3. The first-order valence-corrected chi connectivity index (χ1v) is 9.51. The van der Waals surface area contributed by atoms with E-state index < -0.39 is 20.0 Å². The van der Waals surface area contributed by atoms with E-state index in [0.29, 0.717) is 6.54 Å². The van der Waals surface area contributed by atoms with Crippen LogP contribution >= 0.6 is 0 Å². The van der Waals surface area contributed by atoms with Crippen molar-refractivity contribution in [3.63, 3.8) is 0 Å². The first-order chi connectivity index (χ1) is 7.29. The zero-order valence-electron chi connectivity index (χ0n) is 10.3. The lowest BCUT2D eigenvalue weighted by atomic mass is 10.1. The molecule has 16 heavy (non-hydrogen) atoms. The Morgan fingerprint density at radius 2 is 2.12 bits per heavy atom. The van der Waals surface area contributed by atoms with Crippen LogP contribution in [0.5, 0.6) is 0 Å². The van der Waals surface area contributed by atoms with Crippen LogP contribution in [0.4, 0.5) is 0 Å². The lowest BCUT2D eigenvalue weighted by molar-refractivity contribution is -0.141. The first-order valence-electron chi connectivity index (χ1n) is 5.80. The lowest BCUT2D eigenvalue weighted by Gasteiger charge is -2.20. The van der Waals surface area contributed by atoms with Crippen LogP contribution in [0.2, 0.25) is 25.7 Å². The summed E-state index contributed by atoms with van der Waals surface area (Å²) in [5, 5.41) is 8.83. The average molecular weight is 243 g/mol. The number of aliphatic carboxylic acids is 1.